The number of likely N-dealkylation sites (N-methyl/N-ethyl adjacent to an activating group) is 1. The van der Waals surface area contributed by atoms with E-state index in [-0.39, 0.29) is 11.1 Å². The number of para-hydroxylation sites is 1. The molecule has 1 N–H and O–H groups in total. The second kappa shape index (κ2) is 10.0. The van der Waals surface area contributed by atoms with Crippen LogP contribution < -0.4 is 0 Å². The minimum absolute atomic E-state index is 0.146. The molecule has 1 spiro atoms. The van der Waals surface area contributed by atoms with E-state index in [4.69, 9.17) is 0 Å². The highest BCUT2D eigenvalue weighted by Crippen LogP contribution is 2.52. The molecule has 3 aromatic carbocycles. The van der Waals surface area contributed by atoms with Crippen LogP contribution in [0.25, 0.3) is 10.9 Å². The Morgan fingerprint density at radius 2 is 1.63 bits per heavy atom. The molecule has 4 aromatic rings. The highest BCUT2D eigenvalue weighted by Gasteiger charge is 2.52. The number of nitrogens with zero attached hydrogens (tertiary/aromatic N) is 2. The average Bonchev–Trinajstić information content (AvgIpc) is 3.34. The smallest absolute Gasteiger partial charge is 0.356 e. The summed E-state index contributed by atoms with van der Waals surface area (Å²) in [6, 6.07) is 20.5. The van der Waals surface area contributed by atoms with Crippen LogP contribution in [-0.2, 0) is 24.6 Å². The molecular formula is C33H33F4N3O. The maximum atomic E-state index is 14.4. The lowest BCUT2D eigenvalue weighted by Gasteiger charge is -2.55. The van der Waals surface area contributed by atoms with E-state index in [1.165, 1.54) is 5.56 Å². The molecule has 0 unspecified atom stereocenters. The number of amides is 1. The van der Waals surface area contributed by atoms with Crippen molar-refractivity contribution >= 4 is 16.8 Å². The van der Waals surface area contributed by atoms with Crippen LogP contribution >= 0.6 is 0 Å². The van der Waals surface area contributed by atoms with Crippen LogP contribution in [0.3, 0.4) is 0 Å². The number of carbonyl (C=O) groups is 1. The Morgan fingerprint density at radius 3 is 2.32 bits per heavy atom. The van der Waals surface area contributed by atoms with Crippen LogP contribution in [0.4, 0.5) is 17.6 Å². The number of benzene rings is 3. The Kier molecular flexibility index (Phi) is 6.72. The Balaban J connectivity index is 1.43. The van der Waals surface area contributed by atoms with Crippen molar-refractivity contribution in [3.05, 3.63) is 107 Å². The molecule has 0 saturated heterocycles. The first-order chi connectivity index (χ1) is 19.5. The maximum absolute atomic E-state index is 14.4. The van der Waals surface area contributed by atoms with Gasteiger partial charge in [0.25, 0.3) is 5.91 Å². The normalized spacial score (nSPS) is 22.9. The topological polar surface area (TPSA) is 39.3 Å². The van der Waals surface area contributed by atoms with Crippen LogP contribution in [0.5, 0.6) is 0 Å². The summed E-state index contributed by atoms with van der Waals surface area (Å²) >= 11 is 0. The third-order valence-corrected chi connectivity index (χ3v) is 9.43. The van der Waals surface area contributed by atoms with Crippen LogP contribution in [0.15, 0.2) is 72.8 Å². The summed E-state index contributed by atoms with van der Waals surface area (Å²) in [5, 5.41) is 1.10. The Labute approximate surface area is 237 Å². The summed E-state index contributed by atoms with van der Waals surface area (Å²) in [4.78, 5) is 21.7. The van der Waals surface area contributed by atoms with Gasteiger partial charge in [0, 0.05) is 34.2 Å². The third-order valence-electron chi connectivity index (χ3n) is 9.43. The van der Waals surface area contributed by atoms with Gasteiger partial charge in [-0.3, -0.25) is 4.79 Å². The first-order valence-electron chi connectivity index (χ1n) is 14.0. The first kappa shape index (κ1) is 27.5. The minimum Gasteiger partial charge on any atom is -0.356 e. The molecule has 41 heavy (non-hydrogen) atoms. The van der Waals surface area contributed by atoms with Gasteiger partial charge in [-0.05, 0) is 88.0 Å². The number of fused-ring (bicyclic) bond motifs is 4. The van der Waals surface area contributed by atoms with E-state index < -0.39 is 29.0 Å². The molecule has 8 heteroatoms. The highest BCUT2D eigenvalue weighted by molar-refractivity contribution is 5.96. The molecule has 0 atom stereocenters. The van der Waals surface area contributed by atoms with Crippen molar-refractivity contribution in [3.63, 3.8) is 0 Å². The zero-order chi connectivity index (χ0) is 29.0. The second-order valence-corrected chi connectivity index (χ2v) is 11.8. The van der Waals surface area contributed by atoms with E-state index >= 15 is 0 Å². The summed E-state index contributed by atoms with van der Waals surface area (Å²) < 4.78 is 55.1. The summed E-state index contributed by atoms with van der Waals surface area (Å²) in [6.45, 7) is 0.346. The van der Waals surface area contributed by atoms with Crippen LogP contribution in [0.2, 0.25) is 0 Å². The number of hydrogen-bond donors (Lipinski definition) is 1. The molecule has 1 aliphatic heterocycles. The van der Waals surface area contributed by atoms with Gasteiger partial charge in [0.2, 0.25) is 0 Å². The highest BCUT2D eigenvalue weighted by atomic mass is 19.4. The number of alkyl halides is 3. The van der Waals surface area contributed by atoms with E-state index in [1.807, 2.05) is 36.4 Å². The fourth-order valence-electron chi connectivity index (χ4n) is 7.16. The number of hydrogen-bond acceptors (Lipinski definition) is 2. The van der Waals surface area contributed by atoms with Gasteiger partial charge >= 0.3 is 6.18 Å². The Morgan fingerprint density at radius 1 is 0.951 bits per heavy atom. The molecule has 1 saturated carbocycles. The molecule has 4 nitrogen and oxygen atoms in total. The molecule has 214 valence electrons. The van der Waals surface area contributed by atoms with Gasteiger partial charge in [0.15, 0.2) is 0 Å². The van der Waals surface area contributed by atoms with E-state index in [0.717, 1.165) is 53.6 Å². The minimum atomic E-state index is -4.76. The van der Waals surface area contributed by atoms with Crippen molar-refractivity contribution in [2.24, 2.45) is 0 Å². The molecule has 1 fully saturated rings. The van der Waals surface area contributed by atoms with Crippen molar-refractivity contribution in [3.8, 4) is 0 Å². The van der Waals surface area contributed by atoms with Gasteiger partial charge in [-0.25, -0.2) is 4.39 Å². The van der Waals surface area contributed by atoms with Gasteiger partial charge in [0.05, 0.1) is 11.1 Å². The second-order valence-electron chi connectivity index (χ2n) is 11.8. The lowest BCUT2D eigenvalue weighted by Crippen LogP contribution is -2.59. The van der Waals surface area contributed by atoms with E-state index in [0.29, 0.717) is 31.9 Å². The molecule has 2 aliphatic rings. The van der Waals surface area contributed by atoms with Gasteiger partial charge < -0.3 is 14.8 Å². The SMILES string of the molecule is CN(C)C1(Cc2ccccc2)CCC2(CC1)c1[nH]c3ccccc3c1CCN2C(=O)c1cc(F)cc(C(F)(F)F)c1. The fraction of sp³-hybridized carbons (Fsp3) is 0.364. The predicted octanol–water partition coefficient (Wildman–Crippen LogP) is 7.34. The number of H-pyrrole nitrogens is 1. The number of nitrogens with one attached hydrogen (secondary N) is 1. The van der Waals surface area contributed by atoms with Gasteiger partial charge in [-0.1, -0.05) is 48.5 Å². The lowest BCUT2D eigenvalue weighted by molar-refractivity contribution is -0.137. The van der Waals surface area contributed by atoms with Crippen molar-refractivity contribution in [2.75, 3.05) is 20.6 Å². The molecule has 2 heterocycles. The van der Waals surface area contributed by atoms with Crippen molar-refractivity contribution in [1.29, 1.82) is 0 Å². The summed E-state index contributed by atoms with van der Waals surface area (Å²) in [7, 11) is 4.18. The summed E-state index contributed by atoms with van der Waals surface area (Å²) in [6.07, 6.45) is -0.514. The molecule has 0 bridgehead atoms. The quantitative estimate of drug-likeness (QED) is 0.264. The van der Waals surface area contributed by atoms with Gasteiger partial charge in [0.1, 0.15) is 5.82 Å². The number of carbonyl (C=O) groups excluding carboxylic acids is 1. The van der Waals surface area contributed by atoms with Gasteiger partial charge in [-0.15, -0.1) is 0 Å². The number of aromatic amines is 1. The van der Waals surface area contributed by atoms with Gasteiger partial charge in [-0.2, -0.15) is 13.2 Å². The fourth-order valence-corrected chi connectivity index (χ4v) is 7.16. The van der Waals surface area contributed by atoms with E-state index in [2.05, 4.69) is 42.2 Å². The maximum Gasteiger partial charge on any atom is 0.416 e. The summed E-state index contributed by atoms with van der Waals surface area (Å²) in [5.41, 5.74) is 2.00. The number of rotatable bonds is 4. The zero-order valence-corrected chi connectivity index (χ0v) is 23.2. The van der Waals surface area contributed by atoms with E-state index in [1.54, 1.807) is 4.90 Å². The largest absolute Gasteiger partial charge is 0.416 e. The lowest BCUT2D eigenvalue weighted by atomic mass is 9.65. The first-order valence-corrected chi connectivity index (χ1v) is 14.0. The molecule has 1 aromatic heterocycles. The zero-order valence-electron chi connectivity index (χ0n) is 23.2. The standard InChI is InChI=1S/C33H33F4N3O/c1-39(2)31(21-22-8-4-3-5-9-22)13-15-32(16-14-31)29-27(26-10-6-7-11-28(26)38-29)12-17-40(32)30(41)23-18-24(33(35,36)37)20-25(34)19-23/h3-11,18-20,38H,12-17,21H2,1-2H3. The van der Waals surface area contributed by atoms with Crippen LogP contribution in [0.1, 0.15) is 58.4 Å². The van der Waals surface area contributed by atoms with Crippen molar-refractivity contribution in [2.45, 2.75) is 55.8 Å². The molecular weight excluding hydrogens is 530 g/mol. The van der Waals surface area contributed by atoms with Crippen LogP contribution in [0, 0.1) is 5.82 Å². The molecule has 6 rings (SSSR count). The summed E-state index contributed by atoms with van der Waals surface area (Å²) in [5.74, 6) is -1.64. The molecule has 0 radical (unpaired) electrons. The van der Waals surface area contributed by atoms with Crippen molar-refractivity contribution in [1.82, 2.24) is 14.8 Å². The van der Waals surface area contributed by atoms with Crippen molar-refractivity contribution < 1.29 is 22.4 Å². The van der Waals surface area contributed by atoms with E-state index in [9.17, 15) is 22.4 Å². The Hall–Kier alpha value is -3.65. The number of aromatic nitrogens is 1. The monoisotopic (exact) mass is 563 g/mol. The predicted molar refractivity (Wildman–Crippen MR) is 151 cm³/mol. The Bertz CT molecular complexity index is 1580. The number of halogens is 4. The van der Waals surface area contributed by atoms with Crippen LogP contribution in [-0.4, -0.2) is 46.9 Å². The third kappa shape index (κ3) is 4.72. The molecule has 1 amide bonds. The average molecular weight is 564 g/mol. The molecule has 1 aliphatic carbocycles.